The van der Waals surface area contributed by atoms with E-state index in [1.54, 1.807) is 0 Å². The molecule has 1 atom stereocenters. The summed E-state index contributed by atoms with van der Waals surface area (Å²) in [6.45, 7) is 11.1. The second-order valence-electron chi connectivity index (χ2n) is 7.61. The third-order valence-corrected chi connectivity index (χ3v) is 4.10. The molecule has 2 heterocycles. The van der Waals surface area contributed by atoms with Gasteiger partial charge in [0.25, 0.3) is 0 Å². The van der Waals surface area contributed by atoms with Gasteiger partial charge in [-0.05, 0) is 24.7 Å². The van der Waals surface area contributed by atoms with E-state index in [9.17, 15) is 4.79 Å². The van der Waals surface area contributed by atoms with E-state index in [4.69, 9.17) is 9.26 Å². The van der Waals surface area contributed by atoms with Crippen LogP contribution in [0.4, 0.5) is 4.79 Å². The van der Waals surface area contributed by atoms with Gasteiger partial charge in [0.2, 0.25) is 5.89 Å². The van der Waals surface area contributed by atoms with Gasteiger partial charge in [-0.2, -0.15) is 4.98 Å². The summed E-state index contributed by atoms with van der Waals surface area (Å²) >= 11 is 0. The minimum Gasteiger partial charge on any atom is -0.376 e. The minimum absolute atomic E-state index is 0.0125. The Balaban J connectivity index is 1.70. The van der Waals surface area contributed by atoms with Gasteiger partial charge < -0.3 is 19.5 Å². The first-order valence-corrected chi connectivity index (χ1v) is 9.40. The molecule has 0 bridgehead atoms. The number of rotatable bonds is 8. The fourth-order valence-electron chi connectivity index (χ4n) is 2.80. The lowest BCUT2D eigenvalue weighted by Crippen LogP contribution is -2.48. The molecule has 142 valence electrons. The van der Waals surface area contributed by atoms with E-state index in [1.807, 2.05) is 4.90 Å². The van der Waals surface area contributed by atoms with Crippen LogP contribution in [0.2, 0.25) is 0 Å². The molecule has 2 rings (SSSR count). The van der Waals surface area contributed by atoms with Crippen LogP contribution < -0.4 is 5.32 Å². The average molecular weight is 352 g/mol. The fraction of sp³-hybridized carbons (Fsp3) is 0.833. The Hall–Kier alpha value is -1.63. The summed E-state index contributed by atoms with van der Waals surface area (Å²) in [5.74, 6) is 2.34. The summed E-state index contributed by atoms with van der Waals surface area (Å²) in [7, 11) is 0. The lowest BCUT2D eigenvalue weighted by Gasteiger charge is -2.32. The van der Waals surface area contributed by atoms with E-state index in [2.05, 4.69) is 43.2 Å². The molecule has 1 N–H and O–H groups in total. The smallest absolute Gasteiger partial charge is 0.317 e. The van der Waals surface area contributed by atoms with Crippen LogP contribution >= 0.6 is 0 Å². The second kappa shape index (κ2) is 9.75. The summed E-state index contributed by atoms with van der Waals surface area (Å²) in [5.41, 5.74) is 0. The predicted octanol–water partition coefficient (Wildman–Crippen LogP) is 2.66. The minimum atomic E-state index is 0.0125. The van der Waals surface area contributed by atoms with Crippen LogP contribution in [0.25, 0.3) is 0 Å². The van der Waals surface area contributed by atoms with Crippen LogP contribution in [0.3, 0.4) is 0 Å². The van der Waals surface area contributed by atoms with Crippen molar-refractivity contribution in [2.75, 3.05) is 26.2 Å². The zero-order valence-electron chi connectivity index (χ0n) is 16.0. The number of urea groups is 1. The molecule has 0 aromatic carbocycles. The Kier molecular flexibility index (Phi) is 7.68. The summed E-state index contributed by atoms with van der Waals surface area (Å²) in [4.78, 5) is 18.4. The Morgan fingerprint density at radius 2 is 2.16 bits per heavy atom. The van der Waals surface area contributed by atoms with Crippen molar-refractivity contribution in [3.05, 3.63) is 11.7 Å². The number of hydrogen-bond acceptors (Lipinski definition) is 5. The molecule has 1 aromatic heterocycles. The summed E-state index contributed by atoms with van der Waals surface area (Å²) in [6.07, 6.45) is 3.48. The van der Waals surface area contributed by atoms with Crippen LogP contribution in [0.15, 0.2) is 4.52 Å². The van der Waals surface area contributed by atoms with E-state index in [0.29, 0.717) is 49.7 Å². The van der Waals surface area contributed by atoms with Crippen molar-refractivity contribution in [2.24, 2.45) is 11.8 Å². The van der Waals surface area contributed by atoms with Crippen LogP contribution in [-0.2, 0) is 17.6 Å². The first kappa shape index (κ1) is 19.7. The fourth-order valence-corrected chi connectivity index (χ4v) is 2.80. The maximum absolute atomic E-state index is 12.2. The normalized spacial score (nSPS) is 18.2. The molecule has 1 unspecified atom stereocenters. The molecule has 1 aliphatic rings. The number of nitrogens with zero attached hydrogens (tertiary/aromatic N) is 3. The van der Waals surface area contributed by atoms with Gasteiger partial charge in [0, 0.05) is 32.5 Å². The first-order chi connectivity index (χ1) is 11.9. The molecule has 7 nitrogen and oxygen atoms in total. The molecule has 2 amide bonds. The zero-order chi connectivity index (χ0) is 18.2. The van der Waals surface area contributed by atoms with Crippen LogP contribution in [0.1, 0.15) is 52.3 Å². The number of hydrogen-bond donors (Lipinski definition) is 1. The molecular formula is C18H32N4O3. The Morgan fingerprint density at radius 3 is 2.88 bits per heavy atom. The number of ether oxygens (including phenoxy) is 1. The zero-order valence-corrected chi connectivity index (χ0v) is 16.0. The SMILES string of the molecule is CC(C)CNC(=O)N1CCCC(OCCc2noc(CC(C)C)n2)C1. The van der Waals surface area contributed by atoms with E-state index < -0.39 is 0 Å². The van der Waals surface area contributed by atoms with Crippen LogP contribution in [0.5, 0.6) is 0 Å². The van der Waals surface area contributed by atoms with Crippen molar-refractivity contribution in [1.29, 1.82) is 0 Å². The molecule has 25 heavy (non-hydrogen) atoms. The second-order valence-corrected chi connectivity index (χ2v) is 7.61. The molecule has 7 heteroatoms. The topological polar surface area (TPSA) is 80.5 Å². The highest BCUT2D eigenvalue weighted by atomic mass is 16.5. The maximum atomic E-state index is 12.2. The molecule has 0 aliphatic carbocycles. The van der Waals surface area contributed by atoms with E-state index in [1.165, 1.54) is 0 Å². The molecule has 1 aliphatic heterocycles. The van der Waals surface area contributed by atoms with Gasteiger partial charge in [-0.25, -0.2) is 4.79 Å². The number of carbonyl (C=O) groups excluding carboxylic acids is 1. The summed E-state index contributed by atoms with van der Waals surface area (Å²) in [5, 5.41) is 6.97. The Labute approximate surface area is 150 Å². The van der Waals surface area contributed by atoms with Gasteiger partial charge >= 0.3 is 6.03 Å². The lowest BCUT2D eigenvalue weighted by atomic mass is 10.1. The van der Waals surface area contributed by atoms with Gasteiger partial charge in [0.05, 0.1) is 12.7 Å². The maximum Gasteiger partial charge on any atom is 0.317 e. The molecule has 1 saturated heterocycles. The Bertz CT molecular complexity index is 530. The summed E-state index contributed by atoms with van der Waals surface area (Å²) < 4.78 is 11.2. The van der Waals surface area contributed by atoms with Crippen molar-refractivity contribution >= 4 is 6.03 Å². The first-order valence-electron chi connectivity index (χ1n) is 9.40. The van der Waals surface area contributed by atoms with Crippen LogP contribution in [0, 0.1) is 11.8 Å². The van der Waals surface area contributed by atoms with E-state index in [-0.39, 0.29) is 12.1 Å². The molecular weight excluding hydrogens is 320 g/mol. The number of likely N-dealkylation sites (tertiary alicyclic amines) is 1. The Morgan fingerprint density at radius 1 is 1.36 bits per heavy atom. The molecule has 1 aromatic rings. The highest BCUT2D eigenvalue weighted by molar-refractivity contribution is 5.74. The quantitative estimate of drug-likeness (QED) is 0.778. The third-order valence-electron chi connectivity index (χ3n) is 4.10. The van der Waals surface area contributed by atoms with Crippen molar-refractivity contribution < 1.29 is 14.1 Å². The number of carbonyl (C=O) groups is 1. The number of nitrogens with one attached hydrogen (secondary N) is 1. The lowest BCUT2D eigenvalue weighted by molar-refractivity contribution is 0.0105. The van der Waals surface area contributed by atoms with Gasteiger partial charge in [0.1, 0.15) is 0 Å². The van der Waals surface area contributed by atoms with Crippen molar-refractivity contribution in [1.82, 2.24) is 20.4 Å². The molecule has 0 radical (unpaired) electrons. The predicted molar refractivity (Wildman–Crippen MR) is 95.3 cm³/mol. The highest BCUT2D eigenvalue weighted by Gasteiger charge is 2.24. The monoisotopic (exact) mass is 352 g/mol. The average Bonchev–Trinajstić information content (AvgIpc) is 2.99. The van der Waals surface area contributed by atoms with E-state index in [0.717, 1.165) is 25.8 Å². The van der Waals surface area contributed by atoms with Crippen molar-refractivity contribution in [3.63, 3.8) is 0 Å². The number of piperidine rings is 1. The van der Waals surface area contributed by atoms with Crippen molar-refractivity contribution in [3.8, 4) is 0 Å². The van der Waals surface area contributed by atoms with E-state index >= 15 is 0 Å². The summed E-state index contributed by atoms with van der Waals surface area (Å²) in [6, 6.07) is 0.0125. The van der Waals surface area contributed by atoms with Crippen molar-refractivity contribution in [2.45, 2.75) is 59.5 Å². The highest BCUT2D eigenvalue weighted by Crippen LogP contribution is 2.14. The third kappa shape index (κ3) is 7.02. The molecule has 0 spiro atoms. The number of aromatic nitrogens is 2. The molecule has 0 saturated carbocycles. The molecule has 1 fully saturated rings. The number of amides is 2. The standard InChI is InChI=1S/C18H32N4O3/c1-13(2)10-17-20-16(21-25-17)7-9-24-15-6-5-8-22(12-15)18(23)19-11-14(3)4/h13-15H,5-12H2,1-4H3,(H,19,23). The van der Waals surface area contributed by atoms with Gasteiger partial charge in [0.15, 0.2) is 5.82 Å². The van der Waals surface area contributed by atoms with Gasteiger partial charge in [-0.1, -0.05) is 32.9 Å². The van der Waals surface area contributed by atoms with Gasteiger partial charge in [-0.3, -0.25) is 0 Å². The van der Waals surface area contributed by atoms with Crippen LogP contribution in [-0.4, -0.2) is 53.4 Å². The largest absolute Gasteiger partial charge is 0.376 e. The van der Waals surface area contributed by atoms with Gasteiger partial charge in [-0.15, -0.1) is 0 Å².